The summed E-state index contributed by atoms with van der Waals surface area (Å²) in [5, 5.41) is 6.85. The molecule has 1 heterocycles. The third kappa shape index (κ3) is 6.13. The number of halogens is 1. The first-order chi connectivity index (χ1) is 13.6. The molecule has 0 saturated carbocycles. The molecule has 2 aromatic rings. The molecule has 0 saturated heterocycles. The molecule has 0 aliphatic carbocycles. The summed E-state index contributed by atoms with van der Waals surface area (Å²) in [6.45, 7) is 6.91. The van der Waals surface area contributed by atoms with Crippen molar-refractivity contribution in [1.29, 1.82) is 0 Å². The molecule has 2 aromatic carbocycles. The number of aliphatic imine (C=N–C) groups is 1. The predicted molar refractivity (Wildman–Crippen MR) is 133 cm³/mol. The van der Waals surface area contributed by atoms with Gasteiger partial charge in [0.25, 0.3) is 0 Å². The van der Waals surface area contributed by atoms with Gasteiger partial charge in [-0.15, -0.1) is 24.0 Å². The van der Waals surface area contributed by atoms with Crippen molar-refractivity contribution in [2.45, 2.75) is 26.4 Å². The maximum absolute atomic E-state index is 5.51. The van der Waals surface area contributed by atoms with Crippen LogP contribution in [0.1, 0.15) is 29.7 Å². The lowest BCUT2D eigenvalue weighted by Gasteiger charge is -2.21. The van der Waals surface area contributed by atoms with Crippen molar-refractivity contribution in [3.63, 3.8) is 0 Å². The van der Waals surface area contributed by atoms with Crippen molar-refractivity contribution < 1.29 is 4.74 Å². The zero-order valence-corrected chi connectivity index (χ0v) is 19.9. The minimum atomic E-state index is 0. The molecule has 1 aliphatic heterocycles. The van der Waals surface area contributed by atoms with E-state index in [2.05, 4.69) is 82.9 Å². The average Bonchev–Trinajstić information content (AvgIpc) is 3.26. The number of ether oxygens (including phenoxy) is 1. The molecule has 29 heavy (non-hydrogen) atoms. The van der Waals surface area contributed by atoms with Crippen LogP contribution in [0.3, 0.4) is 0 Å². The number of rotatable bonds is 6. The lowest BCUT2D eigenvalue weighted by molar-refractivity contribution is 0.405. The summed E-state index contributed by atoms with van der Waals surface area (Å²) in [7, 11) is 3.49. The van der Waals surface area contributed by atoms with E-state index in [1.54, 1.807) is 14.2 Å². The standard InChI is InChI=1S/C23H30N4O.HI/c1-17-7-12-22(28-4)21(15-17)18(2)26-23(24-3)25-16-19-8-10-20(11-9-19)27-13-5-6-14-27;/h5-12,15,18H,13-14,16H2,1-4H3,(H2,24,25,26);1H. The summed E-state index contributed by atoms with van der Waals surface area (Å²) in [6, 6.07) is 15.0. The Balaban J connectivity index is 0.00000300. The molecule has 0 amide bonds. The van der Waals surface area contributed by atoms with E-state index in [0.29, 0.717) is 0 Å². The monoisotopic (exact) mass is 506 g/mol. The molecule has 5 nitrogen and oxygen atoms in total. The predicted octanol–water partition coefficient (Wildman–Crippen LogP) is 4.42. The number of nitrogens with zero attached hydrogens (tertiary/aromatic N) is 2. The normalized spacial score (nSPS) is 14.3. The molecule has 0 spiro atoms. The molecule has 2 N–H and O–H groups in total. The number of nitrogens with one attached hydrogen (secondary N) is 2. The highest BCUT2D eigenvalue weighted by Gasteiger charge is 2.13. The molecule has 0 radical (unpaired) electrons. The molecule has 0 aromatic heterocycles. The van der Waals surface area contributed by atoms with Crippen LogP contribution < -0.4 is 20.3 Å². The molecule has 3 rings (SSSR count). The number of methoxy groups -OCH3 is 1. The van der Waals surface area contributed by atoms with Gasteiger partial charge in [0.1, 0.15) is 5.75 Å². The zero-order chi connectivity index (χ0) is 19.9. The fourth-order valence-corrected chi connectivity index (χ4v) is 3.37. The quantitative estimate of drug-likeness (QED) is 0.264. The van der Waals surface area contributed by atoms with Gasteiger partial charge in [-0.05, 0) is 37.6 Å². The Morgan fingerprint density at radius 1 is 1.14 bits per heavy atom. The van der Waals surface area contributed by atoms with Crippen LogP contribution in [0.2, 0.25) is 0 Å². The van der Waals surface area contributed by atoms with E-state index in [4.69, 9.17) is 4.74 Å². The van der Waals surface area contributed by atoms with Crippen LogP contribution >= 0.6 is 24.0 Å². The number of guanidine groups is 1. The Morgan fingerprint density at radius 3 is 2.45 bits per heavy atom. The van der Waals surface area contributed by atoms with Gasteiger partial charge >= 0.3 is 0 Å². The van der Waals surface area contributed by atoms with Crippen molar-refractivity contribution >= 4 is 35.6 Å². The molecule has 0 bridgehead atoms. The van der Waals surface area contributed by atoms with E-state index in [1.165, 1.54) is 16.8 Å². The van der Waals surface area contributed by atoms with E-state index in [-0.39, 0.29) is 30.0 Å². The number of hydrogen-bond acceptors (Lipinski definition) is 3. The van der Waals surface area contributed by atoms with Crippen LogP contribution in [0, 0.1) is 6.92 Å². The first-order valence-electron chi connectivity index (χ1n) is 9.71. The van der Waals surface area contributed by atoms with Crippen LogP contribution in [0.25, 0.3) is 0 Å². The average molecular weight is 506 g/mol. The SMILES string of the molecule is CN=C(NCc1ccc(N2CC=CC2)cc1)NC(C)c1cc(C)ccc1OC.I. The summed E-state index contributed by atoms with van der Waals surface area (Å²) in [5.74, 6) is 1.65. The van der Waals surface area contributed by atoms with Crippen LogP contribution in [0.4, 0.5) is 5.69 Å². The highest BCUT2D eigenvalue weighted by molar-refractivity contribution is 14.0. The third-order valence-electron chi connectivity index (χ3n) is 5.01. The Hall–Kier alpha value is -2.22. The smallest absolute Gasteiger partial charge is 0.191 e. The van der Waals surface area contributed by atoms with E-state index in [1.807, 2.05) is 6.07 Å². The molecule has 1 atom stereocenters. The van der Waals surface area contributed by atoms with Gasteiger partial charge in [0.2, 0.25) is 0 Å². The van der Waals surface area contributed by atoms with E-state index in [0.717, 1.165) is 36.9 Å². The molecular formula is C23H31IN4O. The summed E-state index contributed by atoms with van der Waals surface area (Å²) in [4.78, 5) is 6.71. The van der Waals surface area contributed by atoms with Crippen LogP contribution in [0.5, 0.6) is 5.75 Å². The highest BCUT2D eigenvalue weighted by atomic mass is 127. The Bertz CT molecular complexity index is 840. The van der Waals surface area contributed by atoms with Crippen molar-refractivity contribution in [2.75, 3.05) is 32.1 Å². The largest absolute Gasteiger partial charge is 0.496 e. The third-order valence-corrected chi connectivity index (χ3v) is 5.01. The molecular weight excluding hydrogens is 475 g/mol. The Labute approximate surface area is 191 Å². The first-order valence-corrected chi connectivity index (χ1v) is 9.71. The van der Waals surface area contributed by atoms with Gasteiger partial charge in [-0.3, -0.25) is 4.99 Å². The van der Waals surface area contributed by atoms with Gasteiger partial charge in [0.05, 0.1) is 13.2 Å². The van der Waals surface area contributed by atoms with Gasteiger partial charge < -0.3 is 20.3 Å². The zero-order valence-electron chi connectivity index (χ0n) is 17.6. The molecule has 1 aliphatic rings. The molecule has 1 unspecified atom stereocenters. The summed E-state index contributed by atoms with van der Waals surface area (Å²) >= 11 is 0. The lowest BCUT2D eigenvalue weighted by Crippen LogP contribution is -2.38. The highest BCUT2D eigenvalue weighted by Crippen LogP contribution is 2.26. The first kappa shape index (κ1) is 23.1. The van der Waals surface area contributed by atoms with Gasteiger partial charge in [-0.1, -0.05) is 42.0 Å². The number of hydrogen-bond donors (Lipinski definition) is 2. The van der Waals surface area contributed by atoms with Crippen LogP contribution in [0.15, 0.2) is 59.6 Å². The fraction of sp³-hybridized carbons (Fsp3) is 0.348. The molecule has 0 fully saturated rings. The Kier molecular flexibility index (Phi) is 8.82. The van der Waals surface area contributed by atoms with Crippen molar-refractivity contribution in [3.05, 3.63) is 71.3 Å². The van der Waals surface area contributed by atoms with Gasteiger partial charge in [0, 0.05) is 37.9 Å². The molecule has 6 heteroatoms. The van der Waals surface area contributed by atoms with Crippen molar-refractivity contribution in [3.8, 4) is 5.75 Å². The van der Waals surface area contributed by atoms with Crippen LogP contribution in [-0.2, 0) is 6.54 Å². The summed E-state index contributed by atoms with van der Waals surface area (Å²) < 4.78 is 5.51. The minimum Gasteiger partial charge on any atom is -0.496 e. The van der Waals surface area contributed by atoms with Gasteiger partial charge in [-0.2, -0.15) is 0 Å². The lowest BCUT2D eigenvalue weighted by atomic mass is 10.0. The summed E-state index contributed by atoms with van der Waals surface area (Å²) in [5.41, 5.74) is 4.81. The van der Waals surface area contributed by atoms with E-state index in [9.17, 15) is 0 Å². The maximum Gasteiger partial charge on any atom is 0.191 e. The van der Waals surface area contributed by atoms with Crippen LogP contribution in [-0.4, -0.2) is 33.2 Å². The van der Waals surface area contributed by atoms with Gasteiger partial charge in [-0.25, -0.2) is 0 Å². The summed E-state index contributed by atoms with van der Waals surface area (Å²) in [6.07, 6.45) is 4.41. The van der Waals surface area contributed by atoms with E-state index < -0.39 is 0 Å². The minimum absolute atomic E-state index is 0. The van der Waals surface area contributed by atoms with Crippen molar-refractivity contribution in [1.82, 2.24) is 10.6 Å². The second-order valence-corrected chi connectivity index (χ2v) is 7.08. The van der Waals surface area contributed by atoms with Gasteiger partial charge in [0.15, 0.2) is 5.96 Å². The number of aryl methyl sites for hydroxylation is 1. The number of benzene rings is 2. The maximum atomic E-state index is 5.51. The topological polar surface area (TPSA) is 48.9 Å². The Morgan fingerprint density at radius 2 is 1.83 bits per heavy atom. The second kappa shape index (κ2) is 11.1. The molecule has 156 valence electrons. The van der Waals surface area contributed by atoms with E-state index >= 15 is 0 Å². The fourth-order valence-electron chi connectivity index (χ4n) is 3.37. The number of anilines is 1. The second-order valence-electron chi connectivity index (χ2n) is 7.08. The van der Waals surface area contributed by atoms with Crippen molar-refractivity contribution in [2.24, 2.45) is 4.99 Å².